The van der Waals surface area contributed by atoms with Crippen LogP contribution < -0.4 is 14.8 Å². The smallest absolute Gasteiger partial charge is 0.252 e. The van der Waals surface area contributed by atoms with Gasteiger partial charge in [-0.25, -0.2) is 0 Å². The van der Waals surface area contributed by atoms with Gasteiger partial charge in [-0.05, 0) is 37.0 Å². The summed E-state index contributed by atoms with van der Waals surface area (Å²) in [5.41, 5.74) is 0.520. The number of benzene rings is 1. The number of hydrogen-bond acceptors (Lipinski definition) is 4. The highest BCUT2D eigenvalue weighted by molar-refractivity contribution is 5.95. The first-order valence-electron chi connectivity index (χ1n) is 7.02. The Hall–Kier alpha value is -2.19. The molecule has 3 rings (SSSR count). The van der Waals surface area contributed by atoms with Crippen LogP contribution in [0.25, 0.3) is 0 Å². The number of carbonyl (C=O) groups is 1. The van der Waals surface area contributed by atoms with Gasteiger partial charge < -0.3 is 19.5 Å². The molecule has 0 aliphatic carbocycles. The van der Waals surface area contributed by atoms with E-state index < -0.39 is 0 Å². The Bertz CT molecular complexity index is 572. The van der Waals surface area contributed by atoms with Crippen LogP contribution in [0, 0.1) is 18.3 Å². The largest absolute Gasteiger partial charge is 0.454 e. The summed E-state index contributed by atoms with van der Waals surface area (Å²) < 4.78 is 15.8. The van der Waals surface area contributed by atoms with Crippen molar-refractivity contribution in [3.05, 3.63) is 23.8 Å². The van der Waals surface area contributed by atoms with E-state index in [1.165, 1.54) is 0 Å². The molecule has 5 heteroatoms. The molecule has 110 valence electrons. The van der Waals surface area contributed by atoms with Crippen LogP contribution in [0.1, 0.15) is 23.2 Å². The first-order valence-corrected chi connectivity index (χ1v) is 7.02. The second-order valence-corrected chi connectivity index (χ2v) is 5.14. The Kier molecular flexibility index (Phi) is 3.98. The quantitative estimate of drug-likeness (QED) is 0.857. The maximum Gasteiger partial charge on any atom is 0.252 e. The predicted octanol–water partition coefficient (Wildman–Crippen LogP) is 1.57. The number of nitrogens with one attached hydrogen (secondary N) is 1. The van der Waals surface area contributed by atoms with Gasteiger partial charge in [0.15, 0.2) is 11.5 Å². The second-order valence-electron chi connectivity index (χ2n) is 5.14. The first-order chi connectivity index (χ1) is 10.3. The summed E-state index contributed by atoms with van der Waals surface area (Å²) in [6.45, 7) is 1.58. The van der Waals surface area contributed by atoms with Crippen molar-refractivity contribution in [2.75, 3.05) is 20.0 Å². The minimum atomic E-state index is -0.271. The Labute approximate surface area is 123 Å². The highest BCUT2D eigenvalue weighted by Crippen LogP contribution is 2.32. The van der Waals surface area contributed by atoms with E-state index >= 15 is 0 Å². The highest BCUT2D eigenvalue weighted by Gasteiger charge is 2.25. The number of amides is 1. The van der Waals surface area contributed by atoms with Crippen LogP contribution in [-0.4, -0.2) is 32.0 Å². The van der Waals surface area contributed by atoms with Crippen LogP contribution in [0.4, 0.5) is 0 Å². The molecule has 2 aliphatic rings. The fourth-order valence-corrected chi connectivity index (χ4v) is 2.61. The zero-order valence-corrected chi connectivity index (χ0v) is 11.6. The van der Waals surface area contributed by atoms with E-state index in [4.69, 9.17) is 20.6 Å². The molecule has 1 N–H and O–H groups in total. The van der Waals surface area contributed by atoms with Crippen molar-refractivity contribution >= 4 is 5.91 Å². The summed E-state index contributed by atoms with van der Waals surface area (Å²) >= 11 is 0. The van der Waals surface area contributed by atoms with Gasteiger partial charge in [-0.1, -0.05) is 5.92 Å². The highest BCUT2D eigenvalue weighted by atomic mass is 16.7. The molecule has 1 atom stereocenters. The van der Waals surface area contributed by atoms with Gasteiger partial charge in [0.1, 0.15) is 0 Å². The molecule has 1 saturated heterocycles. The average Bonchev–Trinajstić information content (AvgIpc) is 3.00. The zero-order chi connectivity index (χ0) is 14.7. The molecule has 1 amide bonds. The van der Waals surface area contributed by atoms with Crippen molar-refractivity contribution in [2.24, 2.45) is 5.92 Å². The molecular formula is C16H17NO4. The Balaban J connectivity index is 1.68. The van der Waals surface area contributed by atoms with E-state index in [-0.39, 0.29) is 24.7 Å². The lowest BCUT2D eigenvalue weighted by Crippen LogP contribution is -2.41. The average molecular weight is 287 g/mol. The number of ether oxygens (including phenoxy) is 3. The van der Waals surface area contributed by atoms with Crippen LogP contribution in [0.3, 0.4) is 0 Å². The van der Waals surface area contributed by atoms with E-state index in [0.717, 1.165) is 12.8 Å². The molecule has 5 nitrogen and oxygen atoms in total. The van der Waals surface area contributed by atoms with Gasteiger partial charge in [0.05, 0.1) is 6.04 Å². The lowest BCUT2D eigenvalue weighted by Gasteiger charge is -2.27. The lowest BCUT2D eigenvalue weighted by atomic mass is 9.92. The molecule has 0 aromatic heterocycles. The maximum absolute atomic E-state index is 12.3. The van der Waals surface area contributed by atoms with E-state index in [2.05, 4.69) is 11.2 Å². The van der Waals surface area contributed by atoms with Gasteiger partial charge in [0.2, 0.25) is 6.79 Å². The molecule has 0 bridgehead atoms. The van der Waals surface area contributed by atoms with E-state index in [9.17, 15) is 4.79 Å². The number of carbonyl (C=O) groups excluding carboxylic acids is 1. The number of rotatable bonds is 3. The van der Waals surface area contributed by atoms with Crippen LogP contribution in [-0.2, 0) is 4.74 Å². The van der Waals surface area contributed by atoms with Crippen molar-refractivity contribution in [1.82, 2.24) is 5.32 Å². The number of hydrogen-bond donors (Lipinski definition) is 1. The van der Waals surface area contributed by atoms with Gasteiger partial charge in [-0.2, -0.15) is 0 Å². The summed E-state index contributed by atoms with van der Waals surface area (Å²) in [5.74, 6) is 4.00. The Morgan fingerprint density at radius 2 is 2.05 bits per heavy atom. The van der Waals surface area contributed by atoms with Gasteiger partial charge >= 0.3 is 0 Å². The van der Waals surface area contributed by atoms with Crippen molar-refractivity contribution < 1.29 is 19.0 Å². The van der Waals surface area contributed by atoms with Crippen LogP contribution >= 0.6 is 0 Å². The SMILES string of the molecule is C#CC(NC(=O)c1ccc2c(c1)OCO2)C1CCOCC1. The van der Waals surface area contributed by atoms with Gasteiger partial charge in [0.25, 0.3) is 5.91 Å². The second kappa shape index (κ2) is 6.06. The number of fused-ring (bicyclic) bond motifs is 1. The van der Waals surface area contributed by atoms with E-state index in [1.54, 1.807) is 18.2 Å². The Morgan fingerprint density at radius 3 is 2.81 bits per heavy atom. The third-order valence-electron chi connectivity index (χ3n) is 3.84. The van der Waals surface area contributed by atoms with Crippen molar-refractivity contribution in [2.45, 2.75) is 18.9 Å². The standard InChI is InChI=1S/C16H17NO4/c1-2-13(11-5-7-19-8-6-11)17-16(18)12-3-4-14-15(9-12)21-10-20-14/h1,3-4,9,11,13H,5-8,10H2,(H,17,18). The molecule has 1 unspecified atom stereocenters. The molecule has 1 fully saturated rings. The van der Waals surface area contributed by atoms with Crippen molar-refractivity contribution in [3.8, 4) is 23.8 Å². The summed E-state index contributed by atoms with van der Waals surface area (Å²) in [4.78, 5) is 12.3. The topological polar surface area (TPSA) is 56.8 Å². The fraction of sp³-hybridized carbons (Fsp3) is 0.438. The normalized spacial score (nSPS) is 18.8. The first kappa shape index (κ1) is 13.8. The molecule has 21 heavy (non-hydrogen) atoms. The monoisotopic (exact) mass is 287 g/mol. The van der Waals surface area contributed by atoms with Crippen LogP contribution in [0.15, 0.2) is 18.2 Å². The molecule has 1 aromatic rings. The summed E-state index contributed by atoms with van der Waals surface area (Å²) in [5, 5.41) is 2.92. The number of terminal acetylenes is 1. The molecule has 2 aliphatic heterocycles. The van der Waals surface area contributed by atoms with E-state index in [0.29, 0.717) is 30.3 Å². The van der Waals surface area contributed by atoms with E-state index in [1.807, 2.05) is 0 Å². The third-order valence-corrected chi connectivity index (χ3v) is 3.84. The predicted molar refractivity (Wildman–Crippen MR) is 76.2 cm³/mol. The Morgan fingerprint density at radius 1 is 1.29 bits per heavy atom. The minimum absolute atomic E-state index is 0.190. The molecule has 0 radical (unpaired) electrons. The molecule has 0 spiro atoms. The maximum atomic E-state index is 12.3. The van der Waals surface area contributed by atoms with Gasteiger partial charge in [0, 0.05) is 18.8 Å². The summed E-state index contributed by atoms with van der Waals surface area (Å²) in [6, 6.07) is 4.85. The fourth-order valence-electron chi connectivity index (χ4n) is 2.61. The lowest BCUT2D eigenvalue weighted by molar-refractivity contribution is 0.0579. The summed E-state index contributed by atoms with van der Waals surface area (Å²) in [6.07, 6.45) is 7.31. The molecule has 0 saturated carbocycles. The third kappa shape index (κ3) is 2.96. The van der Waals surface area contributed by atoms with Crippen molar-refractivity contribution in [1.29, 1.82) is 0 Å². The van der Waals surface area contributed by atoms with Crippen LogP contribution in [0.5, 0.6) is 11.5 Å². The van der Waals surface area contributed by atoms with Crippen molar-refractivity contribution in [3.63, 3.8) is 0 Å². The molecular weight excluding hydrogens is 270 g/mol. The minimum Gasteiger partial charge on any atom is -0.454 e. The summed E-state index contributed by atoms with van der Waals surface area (Å²) in [7, 11) is 0. The van der Waals surface area contributed by atoms with Crippen LogP contribution in [0.2, 0.25) is 0 Å². The van der Waals surface area contributed by atoms with Gasteiger partial charge in [-0.3, -0.25) is 4.79 Å². The van der Waals surface area contributed by atoms with Gasteiger partial charge in [-0.15, -0.1) is 6.42 Å². The molecule has 1 aromatic carbocycles. The zero-order valence-electron chi connectivity index (χ0n) is 11.6. The molecule has 2 heterocycles.